The average molecular weight is 167 g/mol. The molecule has 1 heterocycles. The third kappa shape index (κ3) is 2.51. The molecular formula is C9H13NO2. The van der Waals surface area contributed by atoms with Gasteiger partial charge in [-0.25, -0.2) is 0 Å². The van der Waals surface area contributed by atoms with Crippen LogP contribution in [-0.2, 0) is 0 Å². The molecule has 0 aromatic carbocycles. The highest BCUT2D eigenvalue weighted by molar-refractivity contribution is 5.97. The lowest BCUT2D eigenvalue weighted by Gasteiger charge is -2.04. The van der Waals surface area contributed by atoms with E-state index in [-0.39, 0.29) is 5.78 Å². The highest BCUT2D eigenvalue weighted by Gasteiger charge is 2.06. The molecule has 0 radical (unpaired) electrons. The summed E-state index contributed by atoms with van der Waals surface area (Å²) in [5, 5.41) is 3.04. The highest BCUT2D eigenvalue weighted by Crippen LogP contribution is 2.00. The maximum Gasteiger partial charge on any atom is 0.179 e. The van der Waals surface area contributed by atoms with E-state index < -0.39 is 0 Å². The molecule has 0 bridgehead atoms. The Morgan fingerprint density at radius 1 is 1.67 bits per heavy atom. The zero-order chi connectivity index (χ0) is 8.97. The molecule has 0 aliphatic carbocycles. The fourth-order valence-corrected chi connectivity index (χ4v) is 0.822. The van der Waals surface area contributed by atoms with Gasteiger partial charge < -0.3 is 9.73 Å². The lowest BCUT2D eigenvalue weighted by atomic mass is 10.2. The summed E-state index contributed by atoms with van der Waals surface area (Å²) in [6.45, 7) is 4.38. The molecule has 1 aromatic heterocycles. The van der Waals surface area contributed by atoms with Gasteiger partial charge in [-0.15, -0.1) is 0 Å². The van der Waals surface area contributed by atoms with Crippen molar-refractivity contribution in [3.8, 4) is 0 Å². The second-order valence-corrected chi connectivity index (χ2v) is 2.97. The molecule has 12 heavy (non-hydrogen) atoms. The molecule has 0 saturated heterocycles. The maximum absolute atomic E-state index is 11.3. The number of ketones is 1. The molecule has 0 unspecified atom stereocenters. The van der Waals surface area contributed by atoms with E-state index in [4.69, 9.17) is 4.42 Å². The van der Waals surface area contributed by atoms with Crippen molar-refractivity contribution < 1.29 is 9.21 Å². The van der Waals surface area contributed by atoms with E-state index in [0.29, 0.717) is 18.2 Å². The van der Waals surface area contributed by atoms with Crippen molar-refractivity contribution in [2.24, 2.45) is 0 Å². The van der Waals surface area contributed by atoms with Crippen LogP contribution in [0, 0.1) is 0 Å². The van der Waals surface area contributed by atoms with Crippen LogP contribution in [0.5, 0.6) is 0 Å². The molecule has 3 nitrogen and oxygen atoms in total. The maximum atomic E-state index is 11.3. The van der Waals surface area contributed by atoms with Gasteiger partial charge in [0.05, 0.1) is 18.4 Å². The summed E-state index contributed by atoms with van der Waals surface area (Å²) < 4.78 is 4.79. The largest absolute Gasteiger partial charge is 0.472 e. The summed E-state index contributed by atoms with van der Waals surface area (Å²) in [6.07, 6.45) is 2.97. The van der Waals surface area contributed by atoms with E-state index in [9.17, 15) is 4.79 Å². The van der Waals surface area contributed by atoms with E-state index in [2.05, 4.69) is 5.32 Å². The molecule has 1 rings (SSSR count). The van der Waals surface area contributed by atoms with Crippen LogP contribution in [0.3, 0.4) is 0 Å². The summed E-state index contributed by atoms with van der Waals surface area (Å²) in [7, 11) is 0. The number of hydrogen-bond donors (Lipinski definition) is 1. The molecule has 1 N–H and O–H groups in total. The number of nitrogens with one attached hydrogen (secondary N) is 1. The summed E-state index contributed by atoms with van der Waals surface area (Å²) in [5.41, 5.74) is 0.628. The molecule has 0 spiro atoms. The fraction of sp³-hybridized carbons (Fsp3) is 0.444. The normalized spacial score (nSPS) is 10.6. The first-order chi connectivity index (χ1) is 5.70. The zero-order valence-electron chi connectivity index (χ0n) is 7.33. The SMILES string of the molecule is CC(C)NCC(=O)c1ccoc1. The number of furan rings is 1. The van der Waals surface area contributed by atoms with Gasteiger partial charge in [-0.3, -0.25) is 4.79 Å². The Kier molecular flexibility index (Phi) is 3.05. The van der Waals surface area contributed by atoms with Gasteiger partial charge in [0.1, 0.15) is 6.26 Å². The van der Waals surface area contributed by atoms with Crippen molar-refractivity contribution in [3.05, 3.63) is 24.2 Å². The molecule has 0 saturated carbocycles. The minimum atomic E-state index is 0.0671. The van der Waals surface area contributed by atoms with Gasteiger partial charge in [0, 0.05) is 6.04 Å². The Hall–Kier alpha value is -1.09. The quantitative estimate of drug-likeness (QED) is 0.690. The van der Waals surface area contributed by atoms with E-state index in [1.54, 1.807) is 6.07 Å². The standard InChI is InChI=1S/C9H13NO2/c1-7(2)10-5-9(11)8-3-4-12-6-8/h3-4,6-7,10H,5H2,1-2H3. The van der Waals surface area contributed by atoms with Crippen LogP contribution < -0.4 is 5.32 Å². The molecule has 3 heteroatoms. The second-order valence-electron chi connectivity index (χ2n) is 2.97. The van der Waals surface area contributed by atoms with Gasteiger partial charge in [0.2, 0.25) is 0 Å². The second kappa shape index (κ2) is 4.07. The number of Topliss-reactive ketones (excluding diaryl/α,β-unsaturated/α-hetero) is 1. The van der Waals surface area contributed by atoms with Crippen molar-refractivity contribution in [2.45, 2.75) is 19.9 Å². The number of hydrogen-bond acceptors (Lipinski definition) is 3. The third-order valence-corrected chi connectivity index (χ3v) is 1.51. The first-order valence-corrected chi connectivity index (χ1v) is 3.99. The predicted octanol–water partition coefficient (Wildman–Crippen LogP) is 1.46. The molecule has 1 aromatic rings. The smallest absolute Gasteiger partial charge is 0.179 e. The molecule has 66 valence electrons. The van der Waals surface area contributed by atoms with Crippen LogP contribution >= 0.6 is 0 Å². The molecule has 0 atom stereocenters. The van der Waals surface area contributed by atoms with Gasteiger partial charge in [-0.1, -0.05) is 13.8 Å². The highest BCUT2D eigenvalue weighted by atomic mass is 16.3. The monoisotopic (exact) mass is 167 g/mol. The molecular weight excluding hydrogens is 154 g/mol. The topological polar surface area (TPSA) is 42.2 Å². The van der Waals surface area contributed by atoms with Crippen molar-refractivity contribution in [1.82, 2.24) is 5.32 Å². The minimum Gasteiger partial charge on any atom is -0.472 e. The van der Waals surface area contributed by atoms with Gasteiger partial charge in [0.25, 0.3) is 0 Å². The molecule has 0 aliphatic heterocycles. The molecule has 0 amide bonds. The van der Waals surface area contributed by atoms with Crippen molar-refractivity contribution in [2.75, 3.05) is 6.54 Å². The zero-order valence-corrected chi connectivity index (χ0v) is 7.33. The summed E-state index contributed by atoms with van der Waals surface area (Å²) >= 11 is 0. The van der Waals surface area contributed by atoms with Crippen molar-refractivity contribution in [3.63, 3.8) is 0 Å². The minimum absolute atomic E-state index is 0.0671. The third-order valence-electron chi connectivity index (χ3n) is 1.51. The van der Waals surface area contributed by atoms with Crippen molar-refractivity contribution >= 4 is 5.78 Å². The van der Waals surface area contributed by atoms with Crippen LogP contribution in [0.4, 0.5) is 0 Å². The summed E-state index contributed by atoms with van der Waals surface area (Å²) in [4.78, 5) is 11.3. The lowest BCUT2D eigenvalue weighted by molar-refractivity contribution is 0.0988. The van der Waals surface area contributed by atoms with Gasteiger partial charge >= 0.3 is 0 Å². The predicted molar refractivity (Wildman–Crippen MR) is 46.2 cm³/mol. The van der Waals surface area contributed by atoms with Crippen LogP contribution in [0.25, 0.3) is 0 Å². The lowest BCUT2D eigenvalue weighted by Crippen LogP contribution is -2.28. The van der Waals surface area contributed by atoms with E-state index >= 15 is 0 Å². The average Bonchev–Trinajstić information content (AvgIpc) is 2.51. The summed E-state index contributed by atoms with van der Waals surface area (Å²) in [6, 6.07) is 2.01. The van der Waals surface area contributed by atoms with Crippen LogP contribution in [-0.4, -0.2) is 18.4 Å². The Balaban J connectivity index is 2.40. The molecule has 0 aliphatic rings. The van der Waals surface area contributed by atoms with Gasteiger partial charge in [0.15, 0.2) is 5.78 Å². The van der Waals surface area contributed by atoms with E-state index in [0.717, 1.165) is 0 Å². The van der Waals surface area contributed by atoms with Crippen LogP contribution in [0.2, 0.25) is 0 Å². The van der Waals surface area contributed by atoms with Gasteiger partial charge in [-0.05, 0) is 6.07 Å². The Labute approximate surface area is 71.8 Å². The Morgan fingerprint density at radius 2 is 2.42 bits per heavy atom. The van der Waals surface area contributed by atoms with Crippen LogP contribution in [0.1, 0.15) is 24.2 Å². The first kappa shape index (κ1) is 9.00. The van der Waals surface area contributed by atoms with Crippen LogP contribution in [0.15, 0.2) is 23.0 Å². The fourth-order valence-electron chi connectivity index (χ4n) is 0.822. The summed E-state index contributed by atoms with van der Waals surface area (Å²) in [5.74, 6) is 0.0671. The van der Waals surface area contributed by atoms with Crippen molar-refractivity contribution in [1.29, 1.82) is 0 Å². The number of carbonyl (C=O) groups is 1. The van der Waals surface area contributed by atoms with E-state index in [1.807, 2.05) is 13.8 Å². The molecule has 0 fully saturated rings. The van der Waals surface area contributed by atoms with E-state index in [1.165, 1.54) is 12.5 Å². The number of carbonyl (C=O) groups excluding carboxylic acids is 1. The van der Waals surface area contributed by atoms with Gasteiger partial charge in [-0.2, -0.15) is 0 Å². The Bertz CT molecular complexity index is 239. The number of rotatable bonds is 4. The Morgan fingerprint density at radius 3 is 2.92 bits per heavy atom. The first-order valence-electron chi connectivity index (χ1n) is 3.99.